The third-order valence-corrected chi connectivity index (χ3v) is 6.16. The number of hydrogen-bond acceptors (Lipinski definition) is 7. The van der Waals surface area contributed by atoms with Crippen LogP contribution in [0.15, 0.2) is 12.5 Å². The van der Waals surface area contributed by atoms with E-state index in [1.165, 1.54) is 17.7 Å². The summed E-state index contributed by atoms with van der Waals surface area (Å²) in [7, 11) is 0. The molecule has 0 aliphatic rings. The lowest BCUT2D eigenvalue weighted by atomic mass is 9.95. The van der Waals surface area contributed by atoms with Crippen molar-refractivity contribution in [1.82, 2.24) is 24.1 Å². The van der Waals surface area contributed by atoms with Gasteiger partial charge in [0.2, 0.25) is 0 Å². The predicted octanol–water partition coefficient (Wildman–Crippen LogP) is 5.14. The molecule has 0 amide bonds. The number of aromatic nitrogens is 5. The summed E-state index contributed by atoms with van der Waals surface area (Å²) >= 11 is 1.19. The van der Waals surface area contributed by atoms with Crippen LogP contribution in [-0.2, 0) is 4.74 Å². The lowest BCUT2D eigenvalue weighted by Gasteiger charge is -2.22. The van der Waals surface area contributed by atoms with Gasteiger partial charge in [-0.15, -0.1) is 0 Å². The van der Waals surface area contributed by atoms with Crippen LogP contribution in [0.4, 0.5) is 4.79 Å². The van der Waals surface area contributed by atoms with Crippen LogP contribution >= 0.6 is 11.3 Å². The Morgan fingerprint density at radius 3 is 2.55 bits per heavy atom. The first kappa shape index (κ1) is 21.2. The van der Waals surface area contributed by atoms with E-state index in [4.69, 9.17) is 4.74 Å². The number of aldehydes is 1. The van der Waals surface area contributed by atoms with E-state index in [-0.39, 0.29) is 5.92 Å². The first-order chi connectivity index (χ1) is 14.5. The molecule has 0 atom stereocenters. The van der Waals surface area contributed by atoms with Crippen molar-refractivity contribution in [3.8, 4) is 11.3 Å². The molecule has 0 fully saturated rings. The zero-order valence-electron chi connectivity index (χ0n) is 18.7. The summed E-state index contributed by atoms with van der Waals surface area (Å²) in [5.41, 5.74) is 5.18. The third-order valence-electron chi connectivity index (χ3n) is 5.20. The first-order valence-electron chi connectivity index (χ1n) is 10.1. The summed E-state index contributed by atoms with van der Waals surface area (Å²) in [4.78, 5) is 34.3. The second-order valence-electron chi connectivity index (χ2n) is 8.88. The van der Waals surface area contributed by atoms with Crippen LogP contribution in [0.25, 0.3) is 27.3 Å². The third kappa shape index (κ3) is 3.42. The molecule has 0 unspecified atom stereocenters. The number of hydrogen-bond donors (Lipinski definition) is 0. The van der Waals surface area contributed by atoms with Crippen LogP contribution in [0.2, 0.25) is 0 Å². The molecule has 0 aromatic carbocycles. The van der Waals surface area contributed by atoms with Crippen LogP contribution in [0.5, 0.6) is 0 Å². The van der Waals surface area contributed by atoms with Crippen LogP contribution in [0.3, 0.4) is 0 Å². The summed E-state index contributed by atoms with van der Waals surface area (Å²) in [5, 5.41) is 4.63. The zero-order chi connectivity index (χ0) is 22.7. The smallest absolute Gasteiger partial charge is 0.420 e. The van der Waals surface area contributed by atoms with Crippen LogP contribution in [0.1, 0.15) is 67.0 Å². The second-order valence-corrected chi connectivity index (χ2v) is 9.89. The van der Waals surface area contributed by atoms with Gasteiger partial charge in [0.25, 0.3) is 0 Å². The largest absolute Gasteiger partial charge is 0.443 e. The van der Waals surface area contributed by atoms with Crippen molar-refractivity contribution in [2.45, 2.75) is 60.0 Å². The Balaban J connectivity index is 2.13. The van der Waals surface area contributed by atoms with Gasteiger partial charge in [0.05, 0.1) is 5.69 Å². The maximum absolute atomic E-state index is 13.4. The molecule has 0 saturated carbocycles. The Kier molecular flexibility index (Phi) is 4.96. The van der Waals surface area contributed by atoms with Crippen LogP contribution in [-0.4, -0.2) is 42.1 Å². The summed E-state index contributed by atoms with van der Waals surface area (Å²) in [5.74, 6) is 0.0499. The van der Waals surface area contributed by atoms with Crippen LogP contribution in [0, 0.1) is 13.8 Å². The summed E-state index contributed by atoms with van der Waals surface area (Å²) in [6, 6.07) is 0. The monoisotopic (exact) mass is 439 g/mol. The summed E-state index contributed by atoms with van der Waals surface area (Å²) < 4.78 is 9.03. The van der Waals surface area contributed by atoms with Crippen molar-refractivity contribution in [2.24, 2.45) is 0 Å². The second kappa shape index (κ2) is 7.26. The van der Waals surface area contributed by atoms with E-state index in [0.29, 0.717) is 27.3 Å². The number of pyridine rings is 1. The topological polar surface area (TPSA) is 91.4 Å². The first-order valence-corrected chi connectivity index (χ1v) is 10.9. The Bertz CT molecular complexity index is 1340. The highest BCUT2D eigenvalue weighted by Gasteiger charge is 2.31. The fourth-order valence-electron chi connectivity index (χ4n) is 3.77. The number of thiazole rings is 1. The van der Waals surface area contributed by atoms with Crippen molar-refractivity contribution >= 4 is 39.7 Å². The molecule has 162 valence electrons. The van der Waals surface area contributed by atoms with Gasteiger partial charge in [-0.05, 0) is 51.7 Å². The van der Waals surface area contributed by atoms with E-state index < -0.39 is 11.7 Å². The molecule has 0 bridgehead atoms. The molecule has 4 rings (SSSR count). The Labute approximate surface area is 183 Å². The van der Waals surface area contributed by atoms with Crippen LogP contribution < -0.4 is 0 Å². The Morgan fingerprint density at radius 2 is 1.94 bits per heavy atom. The Hall–Kier alpha value is -3.07. The van der Waals surface area contributed by atoms with E-state index >= 15 is 0 Å². The normalized spacial score (nSPS) is 12.3. The number of aryl methyl sites for hydroxylation is 1. The summed E-state index contributed by atoms with van der Waals surface area (Å²) in [6.07, 6.45) is 3.61. The van der Waals surface area contributed by atoms with Gasteiger partial charge in [-0.25, -0.2) is 23.8 Å². The lowest BCUT2D eigenvalue weighted by molar-refractivity contribution is 0.0547. The predicted molar refractivity (Wildman–Crippen MR) is 120 cm³/mol. The maximum atomic E-state index is 13.4. The van der Waals surface area contributed by atoms with Gasteiger partial charge < -0.3 is 4.74 Å². The average Bonchev–Trinajstić information content (AvgIpc) is 3.35. The van der Waals surface area contributed by atoms with Gasteiger partial charge >= 0.3 is 6.09 Å². The molecule has 4 aromatic rings. The average molecular weight is 440 g/mol. The highest BCUT2D eigenvalue weighted by molar-refractivity contribution is 7.19. The molecule has 0 radical (unpaired) electrons. The molecular formula is C22H25N5O3S. The molecule has 8 nitrogen and oxygen atoms in total. The van der Waals surface area contributed by atoms with E-state index in [2.05, 4.69) is 15.1 Å². The quantitative estimate of drug-likeness (QED) is 0.410. The highest BCUT2D eigenvalue weighted by atomic mass is 32.1. The number of carbonyl (C=O) groups is 2. The standard InChI is InChI=1S/C22H25N5O3S/c1-11(2)16-17-20(31-15(9-28)25-17)27(21(29)30-22(5,6)7)18(16)14-8-26-19(23-10-24-26)13(4)12(14)3/h8-11H,1-7H3. The molecule has 4 heterocycles. The van der Waals surface area contributed by atoms with E-state index in [9.17, 15) is 9.59 Å². The zero-order valence-corrected chi connectivity index (χ0v) is 19.5. The van der Waals surface area contributed by atoms with Gasteiger partial charge in [0.1, 0.15) is 22.3 Å². The molecule has 4 aromatic heterocycles. The minimum absolute atomic E-state index is 0.0499. The van der Waals surface area contributed by atoms with Crippen molar-refractivity contribution in [2.75, 3.05) is 0 Å². The van der Waals surface area contributed by atoms with E-state index in [1.807, 2.05) is 54.7 Å². The van der Waals surface area contributed by atoms with Gasteiger partial charge in [0.15, 0.2) is 16.9 Å². The molecule has 31 heavy (non-hydrogen) atoms. The maximum Gasteiger partial charge on any atom is 0.420 e. The van der Waals surface area contributed by atoms with E-state index in [1.54, 1.807) is 9.08 Å². The van der Waals surface area contributed by atoms with Crippen molar-refractivity contribution in [3.63, 3.8) is 0 Å². The minimum atomic E-state index is -0.679. The highest BCUT2D eigenvalue weighted by Crippen LogP contribution is 2.42. The summed E-state index contributed by atoms with van der Waals surface area (Å²) in [6.45, 7) is 13.6. The lowest BCUT2D eigenvalue weighted by Crippen LogP contribution is -2.27. The molecule has 9 heteroatoms. The van der Waals surface area contributed by atoms with Gasteiger partial charge in [-0.1, -0.05) is 25.2 Å². The molecule has 0 N–H and O–H groups in total. The molecule has 0 aliphatic heterocycles. The van der Waals surface area contributed by atoms with E-state index in [0.717, 1.165) is 27.9 Å². The molecule has 0 spiro atoms. The Morgan fingerprint density at radius 1 is 1.23 bits per heavy atom. The number of nitrogens with zero attached hydrogens (tertiary/aromatic N) is 5. The van der Waals surface area contributed by atoms with Gasteiger partial charge in [-0.3, -0.25) is 4.79 Å². The molecule has 0 saturated heterocycles. The minimum Gasteiger partial charge on any atom is -0.443 e. The SMILES string of the molecule is Cc1c(-c2c(C(C)C)c3nc(C=O)sc3n2C(=O)OC(C)(C)C)cn2ncnc2c1C. The molecule has 0 aliphatic carbocycles. The van der Waals surface area contributed by atoms with Gasteiger partial charge in [0, 0.05) is 17.3 Å². The van der Waals surface area contributed by atoms with Gasteiger partial charge in [-0.2, -0.15) is 5.10 Å². The number of carbonyl (C=O) groups excluding carboxylic acids is 2. The number of fused-ring (bicyclic) bond motifs is 2. The fourth-order valence-corrected chi connectivity index (χ4v) is 4.67. The van der Waals surface area contributed by atoms with Crippen molar-refractivity contribution in [3.05, 3.63) is 34.2 Å². The number of rotatable bonds is 3. The van der Waals surface area contributed by atoms with Crippen molar-refractivity contribution in [1.29, 1.82) is 0 Å². The number of ether oxygens (including phenoxy) is 1. The van der Waals surface area contributed by atoms with Crippen molar-refractivity contribution < 1.29 is 14.3 Å². The molecular weight excluding hydrogens is 414 g/mol. The fraction of sp³-hybridized carbons (Fsp3) is 0.409.